The van der Waals surface area contributed by atoms with E-state index in [0.29, 0.717) is 6.42 Å². The van der Waals surface area contributed by atoms with Crippen LogP contribution in [0.4, 0.5) is 0 Å². The van der Waals surface area contributed by atoms with Gasteiger partial charge in [0.05, 0.1) is 10.2 Å². The van der Waals surface area contributed by atoms with Crippen LogP contribution in [0.2, 0.25) is 0 Å². The number of carbonyl (C=O) groups is 1. The first kappa shape index (κ1) is 15.4. The van der Waals surface area contributed by atoms with Crippen LogP contribution in [0.3, 0.4) is 0 Å². The van der Waals surface area contributed by atoms with Crippen LogP contribution in [0.25, 0.3) is 0 Å². The summed E-state index contributed by atoms with van der Waals surface area (Å²) in [6, 6.07) is 10.1. The molecule has 0 fully saturated rings. The maximum atomic E-state index is 12.1. The number of esters is 1. The van der Waals surface area contributed by atoms with Gasteiger partial charge in [0.15, 0.2) is 0 Å². The normalized spacial score (nSPS) is 19.6. The van der Waals surface area contributed by atoms with Crippen molar-refractivity contribution >= 4 is 33.7 Å². The molecule has 0 radical (unpaired) electrons. The van der Waals surface area contributed by atoms with E-state index >= 15 is 0 Å². The molecule has 0 amide bonds. The van der Waals surface area contributed by atoms with Gasteiger partial charge < -0.3 is 9.64 Å². The quantitative estimate of drug-likeness (QED) is 0.737. The molecule has 0 saturated heterocycles. The zero-order chi connectivity index (χ0) is 14.5. The molecule has 0 spiro atoms. The number of nitrogens with zero attached hydrogens (tertiary/aromatic N) is 1. The lowest BCUT2D eigenvalue weighted by Gasteiger charge is -2.21. The Bertz CT molecular complexity index is 492. The number of hydrogen-bond donors (Lipinski definition) is 0. The SMILES string of the molecule is CCC(CC(=O)OC1SC(Br)=CN1C)c1ccccc1. The lowest BCUT2D eigenvalue weighted by molar-refractivity contribution is -0.149. The van der Waals surface area contributed by atoms with Crippen LogP contribution in [0.1, 0.15) is 31.2 Å². The highest BCUT2D eigenvalue weighted by Gasteiger charge is 2.26. The molecule has 2 rings (SSSR count). The average Bonchev–Trinajstić information content (AvgIpc) is 2.75. The summed E-state index contributed by atoms with van der Waals surface area (Å²) in [5, 5.41) is 0. The highest BCUT2D eigenvalue weighted by atomic mass is 79.9. The molecule has 0 N–H and O–H groups in total. The van der Waals surface area contributed by atoms with Gasteiger partial charge in [0.25, 0.3) is 0 Å². The van der Waals surface area contributed by atoms with Gasteiger partial charge in [-0.3, -0.25) is 4.79 Å². The van der Waals surface area contributed by atoms with E-state index in [9.17, 15) is 4.79 Å². The van der Waals surface area contributed by atoms with Crippen LogP contribution in [-0.4, -0.2) is 23.5 Å². The molecule has 0 saturated carbocycles. The first-order valence-electron chi connectivity index (χ1n) is 6.60. The Kier molecular flexibility index (Phi) is 5.54. The van der Waals surface area contributed by atoms with Crippen LogP contribution >= 0.6 is 27.7 Å². The molecule has 1 aliphatic heterocycles. The number of carbonyl (C=O) groups excluding carboxylic acids is 1. The van der Waals surface area contributed by atoms with Gasteiger partial charge in [-0.25, -0.2) is 0 Å². The molecule has 1 heterocycles. The lowest BCUT2D eigenvalue weighted by atomic mass is 9.93. The minimum atomic E-state index is -0.259. The summed E-state index contributed by atoms with van der Waals surface area (Å²) < 4.78 is 6.50. The van der Waals surface area contributed by atoms with E-state index in [1.807, 2.05) is 36.3 Å². The van der Waals surface area contributed by atoms with Crippen molar-refractivity contribution in [3.8, 4) is 0 Å². The number of rotatable bonds is 5. The van der Waals surface area contributed by atoms with E-state index in [1.165, 1.54) is 17.3 Å². The molecular formula is C15H18BrNO2S. The number of thioether (sulfide) groups is 1. The van der Waals surface area contributed by atoms with E-state index in [4.69, 9.17) is 4.74 Å². The van der Waals surface area contributed by atoms with Gasteiger partial charge >= 0.3 is 5.97 Å². The largest absolute Gasteiger partial charge is 0.431 e. The minimum Gasteiger partial charge on any atom is -0.431 e. The second-order valence-electron chi connectivity index (χ2n) is 4.73. The van der Waals surface area contributed by atoms with Crippen molar-refractivity contribution in [3.63, 3.8) is 0 Å². The summed E-state index contributed by atoms with van der Waals surface area (Å²) in [7, 11) is 1.90. The zero-order valence-electron chi connectivity index (χ0n) is 11.6. The van der Waals surface area contributed by atoms with E-state index in [-0.39, 0.29) is 17.4 Å². The highest BCUT2D eigenvalue weighted by Crippen LogP contribution is 2.36. The van der Waals surface area contributed by atoms with E-state index in [0.717, 1.165) is 10.2 Å². The second-order valence-corrected chi connectivity index (χ2v) is 7.19. The van der Waals surface area contributed by atoms with Crippen molar-refractivity contribution in [2.24, 2.45) is 0 Å². The molecule has 0 aromatic heterocycles. The lowest BCUT2D eigenvalue weighted by Crippen LogP contribution is -2.26. The fraction of sp³-hybridized carbons (Fsp3) is 0.400. The summed E-state index contributed by atoms with van der Waals surface area (Å²) >= 11 is 4.89. The summed E-state index contributed by atoms with van der Waals surface area (Å²) in [4.78, 5) is 14.0. The molecular weight excluding hydrogens is 338 g/mol. The van der Waals surface area contributed by atoms with Gasteiger partial charge in [-0.05, 0) is 33.8 Å². The third kappa shape index (κ3) is 4.03. The molecule has 2 atom stereocenters. The number of hydrogen-bond acceptors (Lipinski definition) is 4. The Labute approximate surface area is 132 Å². The number of halogens is 1. The van der Waals surface area contributed by atoms with Crippen LogP contribution < -0.4 is 0 Å². The van der Waals surface area contributed by atoms with Gasteiger partial charge in [0.1, 0.15) is 0 Å². The third-order valence-electron chi connectivity index (χ3n) is 3.26. The molecule has 0 bridgehead atoms. The van der Waals surface area contributed by atoms with Crippen LogP contribution in [0.15, 0.2) is 40.3 Å². The smallest absolute Gasteiger partial charge is 0.308 e. The average molecular weight is 356 g/mol. The molecule has 108 valence electrons. The second kappa shape index (κ2) is 7.18. The molecule has 1 aromatic carbocycles. The van der Waals surface area contributed by atoms with Gasteiger partial charge in [0, 0.05) is 13.2 Å². The van der Waals surface area contributed by atoms with Crippen molar-refractivity contribution in [3.05, 3.63) is 45.9 Å². The Morgan fingerprint density at radius 1 is 1.45 bits per heavy atom. The molecule has 1 aromatic rings. The molecule has 5 heteroatoms. The van der Waals surface area contributed by atoms with Crippen LogP contribution in [0.5, 0.6) is 0 Å². The molecule has 2 unspecified atom stereocenters. The Morgan fingerprint density at radius 3 is 2.70 bits per heavy atom. The predicted molar refractivity (Wildman–Crippen MR) is 86.3 cm³/mol. The maximum absolute atomic E-state index is 12.1. The van der Waals surface area contributed by atoms with Crippen molar-refractivity contribution < 1.29 is 9.53 Å². The topological polar surface area (TPSA) is 29.5 Å². The van der Waals surface area contributed by atoms with Crippen molar-refractivity contribution in [1.82, 2.24) is 4.90 Å². The first-order chi connectivity index (χ1) is 9.60. The Balaban J connectivity index is 1.90. The van der Waals surface area contributed by atoms with E-state index in [2.05, 4.69) is 35.0 Å². The first-order valence-corrected chi connectivity index (χ1v) is 8.27. The van der Waals surface area contributed by atoms with Gasteiger partial charge in [-0.15, -0.1) is 0 Å². The number of ether oxygens (including phenoxy) is 1. The fourth-order valence-electron chi connectivity index (χ4n) is 2.12. The third-order valence-corrected chi connectivity index (χ3v) is 4.99. The molecule has 20 heavy (non-hydrogen) atoms. The standard InChI is InChI=1S/C15H18BrNO2S/c1-3-11(12-7-5-4-6-8-12)9-14(18)19-15-17(2)10-13(16)20-15/h4-8,10-11,15H,3,9H2,1-2H3. The van der Waals surface area contributed by atoms with Gasteiger partial charge in [-0.2, -0.15) is 0 Å². The predicted octanol–water partition coefficient (Wildman–Crippen LogP) is 4.27. The highest BCUT2D eigenvalue weighted by molar-refractivity contribution is 9.14. The summed E-state index contributed by atoms with van der Waals surface area (Å²) in [6.07, 6.45) is 3.26. The molecule has 0 aliphatic carbocycles. The monoisotopic (exact) mass is 355 g/mol. The molecule has 3 nitrogen and oxygen atoms in total. The maximum Gasteiger partial charge on any atom is 0.308 e. The van der Waals surface area contributed by atoms with E-state index < -0.39 is 0 Å². The van der Waals surface area contributed by atoms with Crippen LogP contribution in [0, 0.1) is 0 Å². The van der Waals surface area contributed by atoms with Crippen molar-refractivity contribution in [2.75, 3.05) is 7.05 Å². The molecule has 1 aliphatic rings. The Hall–Kier alpha value is -0.940. The summed E-state index contributed by atoms with van der Waals surface area (Å²) in [5.74, 6) is 0.0671. The van der Waals surface area contributed by atoms with E-state index in [1.54, 1.807) is 0 Å². The minimum absolute atomic E-state index is 0.152. The fourth-order valence-corrected chi connectivity index (χ4v) is 3.73. The van der Waals surface area contributed by atoms with Gasteiger partial charge in [-0.1, -0.05) is 49.0 Å². The Morgan fingerprint density at radius 2 is 2.15 bits per heavy atom. The summed E-state index contributed by atoms with van der Waals surface area (Å²) in [5.41, 5.74) is 0.934. The van der Waals surface area contributed by atoms with Crippen molar-refractivity contribution in [2.45, 2.75) is 31.2 Å². The summed E-state index contributed by atoms with van der Waals surface area (Å²) in [6.45, 7) is 2.10. The number of benzene rings is 1. The zero-order valence-corrected chi connectivity index (χ0v) is 14.0. The van der Waals surface area contributed by atoms with Crippen molar-refractivity contribution in [1.29, 1.82) is 0 Å². The van der Waals surface area contributed by atoms with Gasteiger partial charge in [0.2, 0.25) is 5.56 Å². The van der Waals surface area contributed by atoms with Crippen LogP contribution in [-0.2, 0) is 9.53 Å².